The first-order chi connectivity index (χ1) is 12.6. The molecule has 1 aliphatic heterocycles. The fourth-order valence-corrected chi connectivity index (χ4v) is 2.64. The Morgan fingerprint density at radius 1 is 1.27 bits per heavy atom. The predicted octanol–water partition coefficient (Wildman–Crippen LogP) is 1.28. The third-order valence-electron chi connectivity index (χ3n) is 4.08. The third kappa shape index (κ3) is 6.14. The second-order valence-electron chi connectivity index (χ2n) is 6.00. The minimum Gasteiger partial charge on any atom is -0.450 e. The van der Waals surface area contributed by atoms with E-state index in [1.807, 2.05) is 0 Å². The smallest absolute Gasteiger partial charge is 0.409 e. The standard InChI is InChI=1S/C17H27N5O4/c1-3-26-17(24)22-8-5-14(6-9-22)21-16-19-11-13(12-20-16)15(23)18-7-4-10-25-2/h11-12,14H,3-10H2,1-2H3,(H,18,23)(H,19,20,21). The van der Waals surface area contributed by atoms with Crippen molar-refractivity contribution in [2.75, 3.05) is 45.3 Å². The summed E-state index contributed by atoms with van der Waals surface area (Å²) in [4.78, 5) is 33.8. The SMILES string of the molecule is CCOC(=O)N1CCC(Nc2ncc(C(=O)NCCCOC)cn2)CC1. The number of ether oxygens (including phenoxy) is 2. The Morgan fingerprint density at radius 2 is 1.96 bits per heavy atom. The molecule has 0 spiro atoms. The van der Waals surface area contributed by atoms with Crippen molar-refractivity contribution in [3.8, 4) is 0 Å². The highest BCUT2D eigenvalue weighted by atomic mass is 16.6. The van der Waals surface area contributed by atoms with Crippen molar-refractivity contribution in [2.45, 2.75) is 32.2 Å². The Kier molecular flexibility index (Phi) is 8.07. The monoisotopic (exact) mass is 365 g/mol. The lowest BCUT2D eigenvalue weighted by atomic mass is 10.1. The zero-order valence-electron chi connectivity index (χ0n) is 15.4. The molecule has 0 aliphatic carbocycles. The molecule has 26 heavy (non-hydrogen) atoms. The first-order valence-corrected chi connectivity index (χ1v) is 8.91. The lowest BCUT2D eigenvalue weighted by Crippen LogP contribution is -2.42. The largest absolute Gasteiger partial charge is 0.450 e. The summed E-state index contributed by atoms with van der Waals surface area (Å²) in [5, 5.41) is 6.04. The maximum Gasteiger partial charge on any atom is 0.409 e. The van der Waals surface area contributed by atoms with Crippen LogP contribution in [0.25, 0.3) is 0 Å². The summed E-state index contributed by atoms with van der Waals surface area (Å²) in [5.74, 6) is 0.283. The summed E-state index contributed by atoms with van der Waals surface area (Å²) >= 11 is 0. The maximum atomic E-state index is 12.0. The van der Waals surface area contributed by atoms with Gasteiger partial charge in [0.05, 0.1) is 12.2 Å². The van der Waals surface area contributed by atoms with E-state index in [9.17, 15) is 9.59 Å². The van der Waals surface area contributed by atoms with Crippen molar-refractivity contribution in [1.82, 2.24) is 20.2 Å². The van der Waals surface area contributed by atoms with E-state index >= 15 is 0 Å². The zero-order valence-corrected chi connectivity index (χ0v) is 15.4. The van der Waals surface area contributed by atoms with Crippen molar-refractivity contribution >= 4 is 17.9 Å². The number of hydrogen-bond acceptors (Lipinski definition) is 7. The van der Waals surface area contributed by atoms with Crippen molar-refractivity contribution < 1.29 is 19.1 Å². The van der Waals surface area contributed by atoms with Gasteiger partial charge in [-0.2, -0.15) is 0 Å². The van der Waals surface area contributed by atoms with Crippen LogP contribution in [0, 0.1) is 0 Å². The molecule has 9 heteroatoms. The number of rotatable bonds is 8. The number of aromatic nitrogens is 2. The molecule has 0 bridgehead atoms. The van der Waals surface area contributed by atoms with Crippen LogP contribution in [0.3, 0.4) is 0 Å². The van der Waals surface area contributed by atoms with Crippen LogP contribution in [-0.4, -0.2) is 72.9 Å². The Hall–Kier alpha value is -2.42. The second-order valence-corrected chi connectivity index (χ2v) is 6.00. The highest BCUT2D eigenvalue weighted by Crippen LogP contribution is 2.15. The van der Waals surface area contributed by atoms with E-state index in [2.05, 4.69) is 20.6 Å². The maximum absolute atomic E-state index is 12.0. The number of nitrogens with one attached hydrogen (secondary N) is 2. The molecule has 1 aromatic rings. The van der Waals surface area contributed by atoms with Gasteiger partial charge in [-0.05, 0) is 26.2 Å². The molecular formula is C17H27N5O4. The number of piperidine rings is 1. The molecule has 1 aliphatic rings. The van der Waals surface area contributed by atoms with Crippen LogP contribution in [0.4, 0.5) is 10.7 Å². The van der Waals surface area contributed by atoms with Crippen LogP contribution >= 0.6 is 0 Å². The molecule has 2 rings (SSSR count). The number of methoxy groups -OCH3 is 1. The van der Waals surface area contributed by atoms with Crippen LogP contribution in [-0.2, 0) is 9.47 Å². The summed E-state index contributed by atoms with van der Waals surface area (Å²) < 4.78 is 9.95. The summed E-state index contributed by atoms with van der Waals surface area (Å²) in [6, 6.07) is 0.189. The van der Waals surface area contributed by atoms with Gasteiger partial charge < -0.3 is 25.0 Å². The first-order valence-electron chi connectivity index (χ1n) is 8.91. The molecule has 1 fully saturated rings. The Bertz CT molecular complexity index is 573. The molecule has 9 nitrogen and oxygen atoms in total. The van der Waals surface area contributed by atoms with Crippen molar-refractivity contribution in [3.05, 3.63) is 18.0 Å². The van der Waals surface area contributed by atoms with Crippen LogP contribution < -0.4 is 10.6 Å². The van der Waals surface area contributed by atoms with Crippen LogP contribution in [0.1, 0.15) is 36.5 Å². The summed E-state index contributed by atoms with van der Waals surface area (Å²) in [5.41, 5.74) is 0.421. The molecule has 0 radical (unpaired) electrons. The molecule has 144 valence electrons. The molecule has 0 atom stereocenters. The molecule has 2 heterocycles. The molecule has 1 aromatic heterocycles. The minimum absolute atomic E-state index is 0.189. The van der Waals surface area contributed by atoms with Crippen molar-refractivity contribution in [3.63, 3.8) is 0 Å². The summed E-state index contributed by atoms with van der Waals surface area (Å²) in [7, 11) is 1.63. The molecule has 2 N–H and O–H groups in total. The van der Waals surface area contributed by atoms with Crippen LogP contribution in [0.2, 0.25) is 0 Å². The number of carbonyl (C=O) groups is 2. The van der Waals surface area contributed by atoms with Gasteiger partial charge in [0.25, 0.3) is 5.91 Å². The van der Waals surface area contributed by atoms with E-state index in [4.69, 9.17) is 9.47 Å². The average molecular weight is 365 g/mol. The quantitative estimate of drug-likeness (QED) is 0.668. The van der Waals surface area contributed by atoms with Gasteiger partial charge in [0.2, 0.25) is 5.95 Å². The van der Waals surface area contributed by atoms with E-state index in [-0.39, 0.29) is 18.0 Å². The minimum atomic E-state index is -0.261. The molecule has 2 amide bonds. The number of nitrogens with zero attached hydrogens (tertiary/aromatic N) is 3. The Morgan fingerprint density at radius 3 is 2.58 bits per heavy atom. The topological polar surface area (TPSA) is 106 Å². The van der Waals surface area contributed by atoms with Gasteiger partial charge in [0, 0.05) is 51.8 Å². The van der Waals surface area contributed by atoms with Crippen LogP contribution in [0.15, 0.2) is 12.4 Å². The van der Waals surface area contributed by atoms with E-state index in [1.54, 1.807) is 18.9 Å². The number of anilines is 1. The van der Waals surface area contributed by atoms with E-state index in [0.717, 1.165) is 19.3 Å². The van der Waals surface area contributed by atoms with Crippen molar-refractivity contribution in [1.29, 1.82) is 0 Å². The number of carbonyl (C=O) groups excluding carboxylic acids is 2. The van der Waals surface area contributed by atoms with Gasteiger partial charge in [0.15, 0.2) is 0 Å². The van der Waals surface area contributed by atoms with Crippen LogP contribution in [0.5, 0.6) is 0 Å². The summed E-state index contributed by atoms with van der Waals surface area (Å²) in [6.45, 7) is 4.61. The normalized spacial score (nSPS) is 14.8. The van der Waals surface area contributed by atoms with Gasteiger partial charge in [-0.3, -0.25) is 4.79 Å². The molecule has 1 saturated heterocycles. The Balaban J connectivity index is 1.75. The third-order valence-corrected chi connectivity index (χ3v) is 4.08. The predicted molar refractivity (Wildman–Crippen MR) is 96.1 cm³/mol. The lowest BCUT2D eigenvalue weighted by Gasteiger charge is -2.31. The number of hydrogen-bond donors (Lipinski definition) is 2. The Labute approximate surface area is 153 Å². The fraction of sp³-hybridized carbons (Fsp3) is 0.647. The number of amides is 2. The van der Waals surface area contributed by atoms with Gasteiger partial charge in [-0.25, -0.2) is 14.8 Å². The molecule has 0 aromatic carbocycles. The molecule has 0 saturated carbocycles. The highest BCUT2D eigenvalue weighted by Gasteiger charge is 2.23. The first kappa shape index (κ1) is 19.9. The van der Waals surface area contributed by atoms with E-state index in [0.29, 0.717) is 44.4 Å². The van der Waals surface area contributed by atoms with Gasteiger partial charge in [0.1, 0.15) is 0 Å². The molecular weight excluding hydrogens is 338 g/mol. The molecule has 0 unspecified atom stereocenters. The van der Waals surface area contributed by atoms with Gasteiger partial charge in [-0.1, -0.05) is 0 Å². The lowest BCUT2D eigenvalue weighted by molar-refractivity contribution is 0.0946. The highest BCUT2D eigenvalue weighted by molar-refractivity contribution is 5.93. The fourth-order valence-electron chi connectivity index (χ4n) is 2.64. The average Bonchev–Trinajstić information content (AvgIpc) is 2.66. The zero-order chi connectivity index (χ0) is 18.8. The van der Waals surface area contributed by atoms with E-state index < -0.39 is 0 Å². The van der Waals surface area contributed by atoms with Gasteiger partial charge >= 0.3 is 6.09 Å². The van der Waals surface area contributed by atoms with Gasteiger partial charge in [-0.15, -0.1) is 0 Å². The van der Waals surface area contributed by atoms with Crippen molar-refractivity contribution in [2.24, 2.45) is 0 Å². The van der Waals surface area contributed by atoms with E-state index in [1.165, 1.54) is 12.4 Å². The number of likely N-dealkylation sites (tertiary alicyclic amines) is 1. The second kappa shape index (κ2) is 10.5. The summed E-state index contributed by atoms with van der Waals surface area (Å²) in [6.07, 6.45) is 5.10.